The minimum atomic E-state index is -0.485. The van der Waals surface area contributed by atoms with Crippen molar-refractivity contribution < 1.29 is 14.3 Å². The number of hydrogen-bond acceptors (Lipinski definition) is 4. The van der Waals surface area contributed by atoms with Gasteiger partial charge in [-0.25, -0.2) is 4.39 Å². The van der Waals surface area contributed by atoms with Gasteiger partial charge in [0.2, 0.25) is 0 Å². The summed E-state index contributed by atoms with van der Waals surface area (Å²) < 4.78 is 13.6. The highest BCUT2D eigenvalue weighted by molar-refractivity contribution is 6.00. The number of nitrogens with zero attached hydrogens (tertiary/aromatic N) is 3. The topological polar surface area (TPSA) is 82.1 Å². The van der Waals surface area contributed by atoms with Crippen molar-refractivity contribution in [3.05, 3.63) is 101 Å². The fraction of sp³-hybridized carbons (Fsp3) is 0.0870. The molecule has 0 spiro atoms. The predicted molar refractivity (Wildman–Crippen MR) is 108 cm³/mol. The van der Waals surface area contributed by atoms with Gasteiger partial charge in [-0.15, -0.1) is 0 Å². The number of aromatic hydroxyl groups is 1. The first-order valence-corrected chi connectivity index (χ1v) is 9.45. The van der Waals surface area contributed by atoms with E-state index in [-0.39, 0.29) is 17.5 Å². The molecule has 6 nitrogen and oxygen atoms in total. The summed E-state index contributed by atoms with van der Waals surface area (Å²) in [5.41, 5.74) is 3.69. The average molecular weight is 400 g/mol. The van der Waals surface area contributed by atoms with E-state index in [1.54, 1.807) is 53.7 Å². The van der Waals surface area contributed by atoms with Crippen LogP contribution in [0.3, 0.4) is 0 Å². The SMILES string of the molecule is O=C1c2[nH]nc(-c3ccccc3O)c2C(c2ccc(F)cc2)N1Cc1cccnc1. The van der Waals surface area contributed by atoms with Gasteiger partial charge in [0.1, 0.15) is 23.0 Å². The summed E-state index contributed by atoms with van der Waals surface area (Å²) in [6.07, 6.45) is 3.39. The number of carbonyl (C=O) groups is 1. The summed E-state index contributed by atoms with van der Waals surface area (Å²) in [6.45, 7) is 0.331. The van der Waals surface area contributed by atoms with Crippen LogP contribution >= 0.6 is 0 Å². The van der Waals surface area contributed by atoms with Gasteiger partial charge in [0.25, 0.3) is 5.91 Å². The number of aromatic amines is 1. The molecule has 1 aliphatic heterocycles. The fourth-order valence-corrected chi connectivity index (χ4v) is 3.92. The van der Waals surface area contributed by atoms with Gasteiger partial charge in [0.05, 0.1) is 6.04 Å². The number of phenols is 1. The number of H-pyrrole nitrogens is 1. The third kappa shape index (κ3) is 2.91. The molecular weight excluding hydrogens is 383 g/mol. The van der Waals surface area contributed by atoms with E-state index in [0.717, 1.165) is 11.1 Å². The van der Waals surface area contributed by atoms with Gasteiger partial charge >= 0.3 is 0 Å². The summed E-state index contributed by atoms with van der Waals surface area (Å²) in [4.78, 5) is 19.1. The molecule has 2 N–H and O–H groups in total. The zero-order chi connectivity index (χ0) is 20.7. The van der Waals surface area contributed by atoms with Crippen LogP contribution in [-0.2, 0) is 6.54 Å². The summed E-state index contributed by atoms with van der Waals surface area (Å²) in [6, 6.07) is 16.2. The van der Waals surface area contributed by atoms with Crippen LogP contribution in [0, 0.1) is 5.82 Å². The van der Waals surface area contributed by atoms with Crippen LogP contribution in [0.2, 0.25) is 0 Å². The molecule has 3 heterocycles. The van der Waals surface area contributed by atoms with Crippen molar-refractivity contribution in [1.29, 1.82) is 0 Å². The first kappa shape index (κ1) is 18.1. The third-order valence-corrected chi connectivity index (χ3v) is 5.28. The van der Waals surface area contributed by atoms with Gasteiger partial charge < -0.3 is 10.0 Å². The van der Waals surface area contributed by atoms with E-state index in [0.29, 0.717) is 29.1 Å². The van der Waals surface area contributed by atoms with Crippen LogP contribution in [0.1, 0.15) is 33.2 Å². The molecule has 4 aromatic rings. The van der Waals surface area contributed by atoms with Crippen molar-refractivity contribution in [3.8, 4) is 17.0 Å². The number of hydrogen-bond donors (Lipinski definition) is 2. The van der Waals surface area contributed by atoms with E-state index in [4.69, 9.17) is 0 Å². The quantitative estimate of drug-likeness (QED) is 0.541. The Morgan fingerprint density at radius 1 is 1.07 bits per heavy atom. The number of para-hydroxylation sites is 1. The number of fused-ring (bicyclic) bond motifs is 1. The van der Waals surface area contributed by atoms with Gasteiger partial charge in [0, 0.05) is 30.1 Å². The molecule has 1 aliphatic rings. The van der Waals surface area contributed by atoms with E-state index in [1.807, 2.05) is 12.1 Å². The smallest absolute Gasteiger partial charge is 0.273 e. The molecule has 0 radical (unpaired) electrons. The van der Waals surface area contributed by atoms with Gasteiger partial charge in [0.15, 0.2) is 0 Å². The van der Waals surface area contributed by atoms with Gasteiger partial charge in [-0.1, -0.05) is 30.3 Å². The number of nitrogens with one attached hydrogen (secondary N) is 1. The number of pyridine rings is 1. The molecule has 5 rings (SSSR count). The number of carbonyl (C=O) groups excluding carboxylic acids is 1. The van der Waals surface area contributed by atoms with Crippen LogP contribution in [0.15, 0.2) is 73.1 Å². The maximum Gasteiger partial charge on any atom is 0.273 e. The Hall–Kier alpha value is -4.00. The molecule has 0 bridgehead atoms. The lowest BCUT2D eigenvalue weighted by Gasteiger charge is -2.26. The molecule has 1 amide bonds. The lowest BCUT2D eigenvalue weighted by molar-refractivity contribution is 0.0730. The Labute approximate surface area is 171 Å². The Bertz CT molecular complexity index is 1220. The minimum absolute atomic E-state index is 0.0721. The summed E-state index contributed by atoms with van der Waals surface area (Å²) >= 11 is 0. The molecule has 0 aliphatic carbocycles. The monoisotopic (exact) mass is 400 g/mol. The number of halogens is 1. The number of aromatic nitrogens is 3. The standard InChI is InChI=1S/C23H17FN4O2/c24-16-9-7-15(8-10-16)22-19-20(17-5-1-2-6-18(17)29)26-27-21(19)23(30)28(22)13-14-4-3-11-25-12-14/h1-12,22,29H,13H2,(H,26,27). The van der Waals surface area contributed by atoms with Crippen molar-refractivity contribution in [2.75, 3.05) is 0 Å². The van der Waals surface area contributed by atoms with Crippen LogP contribution < -0.4 is 0 Å². The van der Waals surface area contributed by atoms with E-state index >= 15 is 0 Å². The van der Waals surface area contributed by atoms with Crippen molar-refractivity contribution in [3.63, 3.8) is 0 Å². The molecule has 7 heteroatoms. The Balaban J connectivity index is 1.67. The average Bonchev–Trinajstić information content (AvgIpc) is 3.30. The summed E-state index contributed by atoms with van der Waals surface area (Å²) in [5, 5.41) is 17.5. The third-order valence-electron chi connectivity index (χ3n) is 5.28. The molecule has 0 fully saturated rings. The highest BCUT2D eigenvalue weighted by atomic mass is 19.1. The molecule has 1 atom stereocenters. The van der Waals surface area contributed by atoms with Crippen LogP contribution in [-0.4, -0.2) is 31.1 Å². The Morgan fingerprint density at radius 2 is 1.87 bits per heavy atom. The highest BCUT2D eigenvalue weighted by Crippen LogP contribution is 2.44. The van der Waals surface area contributed by atoms with Crippen LogP contribution in [0.25, 0.3) is 11.3 Å². The number of benzene rings is 2. The fourth-order valence-electron chi connectivity index (χ4n) is 3.92. The van der Waals surface area contributed by atoms with Gasteiger partial charge in [-0.2, -0.15) is 5.10 Å². The number of amides is 1. The second kappa shape index (κ2) is 7.11. The zero-order valence-electron chi connectivity index (χ0n) is 15.8. The van der Waals surface area contributed by atoms with Crippen LogP contribution in [0.5, 0.6) is 5.75 Å². The highest BCUT2D eigenvalue weighted by Gasteiger charge is 2.42. The first-order chi connectivity index (χ1) is 14.6. The maximum atomic E-state index is 13.6. The molecule has 0 saturated carbocycles. The Kier molecular flexibility index (Phi) is 4.28. The molecule has 30 heavy (non-hydrogen) atoms. The van der Waals surface area contributed by atoms with E-state index in [1.165, 1.54) is 12.1 Å². The predicted octanol–water partition coefficient (Wildman–Crippen LogP) is 4.06. The number of phenolic OH excluding ortho intramolecular Hbond substituents is 1. The summed E-state index contributed by atoms with van der Waals surface area (Å²) in [7, 11) is 0. The largest absolute Gasteiger partial charge is 0.507 e. The van der Waals surface area contributed by atoms with Crippen LogP contribution in [0.4, 0.5) is 4.39 Å². The Morgan fingerprint density at radius 3 is 2.60 bits per heavy atom. The normalized spacial score (nSPS) is 15.4. The molecule has 2 aromatic carbocycles. The van der Waals surface area contributed by atoms with Crippen molar-refractivity contribution in [2.24, 2.45) is 0 Å². The van der Waals surface area contributed by atoms with E-state index in [2.05, 4.69) is 15.2 Å². The van der Waals surface area contributed by atoms with E-state index < -0.39 is 6.04 Å². The molecule has 148 valence electrons. The summed E-state index contributed by atoms with van der Waals surface area (Å²) in [5.74, 6) is -0.490. The lowest BCUT2D eigenvalue weighted by Crippen LogP contribution is -2.29. The van der Waals surface area contributed by atoms with Gasteiger partial charge in [-0.05, 0) is 41.5 Å². The second-order valence-corrected chi connectivity index (χ2v) is 7.13. The van der Waals surface area contributed by atoms with Crippen molar-refractivity contribution in [1.82, 2.24) is 20.1 Å². The van der Waals surface area contributed by atoms with Crippen molar-refractivity contribution >= 4 is 5.91 Å². The first-order valence-electron chi connectivity index (χ1n) is 9.45. The van der Waals surface area contributed by atoms with Gasteiger partial charge in [-0.3, -0.25) is 14.9 Å². The maximum absolute atomic E-state index is 13.6. The van der Waals surface area contributed by atoms with Crippen molar-refractivity contribution in [2.45, 2.75) is 12.6 Å². The molecule has 1 unspecified atom stereocenters. The molecular formula is C23H17FN4O2. The lowest BCUT2D eigenvalue weighted by atomic mass is 9.95. The zero-order valence-corrected chi connectivity index (χ0v) is 15.8. The molecule has 0 saturated heterocycles. The second-order valence-electron chi connectivity index (χ2n) is 7.13. The molecule has 2 aromatic heterocycles. The van der Waals surface area contributed by atoms with E-state index in [9.17, 15) is 14.3 Å². The number of rotatable bonds is 4. The minimum Gasteiger partial charge on any atom is -0.507 e.